The topological polar surface area (TPSA) is 45.2 Å². The number of nitrogens with one attached hydrogen (secondary N) is 1. The molecule has 0 aromatic carbocycles. The Morgan fingerprint density at radius 2 is 2.32 bits per heavy atom. The lowest BCUT2D eigenvalue weighted by Gasteiger charge is -2.25. The van der Waals surface area contributed by atoms with Crippen LogP contribution in [0.25, 0.3) is 0 Å². The highest BCUT2D eigenvalue weighted by Gasteiger charge is 2.25. The second-order valence-electron chi connectivity index (χ2n) is 5.87. The smallest absolute Gasteiger partial charge is 0.255 e. The van der Waals surface area contributed by atoms with E-state index in [1.807, 2.05) is 35.0 Å². The minimum absolute atomic E-state index is 0.151. The Labute approximate surface area is 139 Å². The molecule has 0 spiro atoms. The summed E-state index contributed by atoms with van der Waals surface area (Å²) >= 11 is 3.23. The van der Waals surface area contributed by atoms with Crippen LogP contribution in [0.1, 0.15) is 32.9 Å². The monoisotopic (exact) mass is 335 g/mol. The lowest BCUT2D eigenvalue weighted by Crippen LogP contribution is -2.35. The van der Waals surface area contributed by atoms with Crippen molar-refractivity contribution in [1.29, 1.82) is 0 Å². The fraction of sp³-hybridized carbons (Fsp3) is 0.500. The standard InChI is InChI=1S/C16H21N3OS2/c1-11-8-21-9-14(11)16(20)19(6-13-3-4-17-5-13)7-15-12(2)18-10-22-15/h8-10,13,17H,3-7H2,1-2H3/t13-/m0/s1. The average Bonchev–Trinajstić information content (AvgIpc) is 3.22. The second-order valence-corrected chi connectivity index (χ2v) is 7.56. The van der Waals surface area contributed by atoms with Crippen molar-refractivity contribution in [2.24, 2.45) is 5.92 Å². The molecule has 0 radical (unpaired) electrons. The van der Waals surface area contributed by atoms with Gasteiger partial charge in [-0.15, -0.1) is 11.3 Å². The molecule has 3 heterocycles. The van der Waals surface area contributed by atoms with Crippen LogP contribution in [0, 0.1) is 19.8 Å². The van der Waals surface area contributed by atoms with Crippen LogP contribution in [0.4, 0.5) is 0 Å². The molecule has 3 rings (SSSR count). The number of amides is 1. The van der Waals surface area contributed by atoms with E-state index in [2.05, 4.69) is 10.3 Å². The lowest BCUT2D eigenvalue weighted by molar-refractivity contribution is 0.0720. The maximum atomic E-state index is 12.9. The van der Waals surface area contributed by atoms with Gasteiger partial charge in [-0.1, -0.05) is 0 Å². The van der Waals surface area contributed by atoms with E-state index in [9.17, 15) is 4.79 Å². The lowest BCUT2D eigenvalue weighted by atomic mass is 10.1. The Hall–Kier alpha value is -1.24. The summed E-state index contributed by atoms with van der Waals surface area (Å²) in [6.07, 6.45) is 1.15. The normalized spacial score (nSPS) is 17.8. The number of hydrogen-bond donors (Lipinski definition) is 1. The van der Waals surface area contributed by atoms with Crippen molar-refractivity contribution in [3.05, 3.63) is 38.0 Å². The van der Waals surface area contributed by atoms with E-state index in [0.29, 0.717) is 12.5 Å². The highest BCUT2D eigenvalue weighted by atomic mass is 32.1. The first-order valence-electron chi connectivity index (χ1n) is 7.57. The molecule has 0 unspecified atom stereocenters. The maximum absolute atomic E-state index is 12.9. The molecule has 1 amide bonds. The Balaban J connectivity index is 1.80. The first-order chi connectivity index (χ1) is 10.6. The van der Waals surface area contributed by atoms with Gasteiger partial charge in [-0.3, -0.25) is 4.79 Å². The van der Waals surface area contributed by atoms with E-state index in [4.69, 9.17) is 0 Å². The largest absolute Gasteiger partial charge is 0.333 e. The number of carbonyl (C=O) groups is 1. The summed E-state index contributed by atoms with van der Waals surface area (Å²) in [5.41, 5.74) is 4.82. The number of thiazole rings is 1. The zero-order valence-electron chi connectivity index (χ0n) is 13.0. The molecule has 1 atom stereocenters. The maximum Gasteiger partial charge on any atom is 0.255 e. The van der Waals surface area contributed by atoms with Crippen molar-refractivity contribution >= 4 is 28.6 Å². The van der Waals surface area contributed by atoms with Gasteiger partial charge in [-0.25, -0.2) is 4.98 Å². The van der Waals surface area contributed by atoms with Crippen LogP contribution >= 0.6 is 22.7 Å². The summed E-state index contributed by atoms with van der Waals surface area (Å²) in [6, 6.07) is 0. The molecule has 22 heavy (non-hydrogen) atoms. The summed E-state index contributed by atoms with van der Waals surface area (Å²) < 4.78 is 0. The number of carbonyl (C=O) groups excluding carboxylic acids is 1. The zero-order valence-corrected chi connectivity index (χ0v) is 14.6. The highest BCUT2D eigenvalue weighted by Crippen LogP contribution is 2.22. The summed E-state index contributed by atoms with van der Waals surface area (Å²) in [4.78, 5) is 20.5. The number of aromatic nitrogens is 1. The van der Waals surface area contributed by atoms with E-state index in [-0.39, 0.29) is 5.91 Å². The number of aryl methyl sites for hydroxylation is 2. The van der Waals surface area contributed by atoms with Gasteiger partial charge in [0.15, 0.2) is 0 Å². The van der Waals surface area contributed by atoms with E-state index in [1.165, 1.54) is 4.88 Å². The third kappa shape index (κ3) is 3.39. The molecule has 0 bridgehead atoms. The van der Waals surface area contributed by atoms with Gasteiger partial charge in [-0.2, -0.15) is 11.3 Å². The fourth-order valence-corrected chi connectivity index (χ4v) is 4.42. The third-order valence-electron chi connectivity index (χ3n) is 4.19. The molecular weight excluding hydrogens is 314 g/mol. The molecule has 1 fully saturated rings. The van der Waals surface area contributed by atoms with E-state index >= 15 is 0 Å². The molecule has 4 nitrogen and oxygen atoms in total. The molecule has 0 saturated carbocycles. The van der Waals surface area contributed by atoms with Crippen molar-refractivity contribution in [3.8, 4) is 0 Å². The van der Waals surface area contributed by atoms with Crippen molar-refractivity contribution in [2.75, 3.05) is 19.6 Å². The number of thiophene rings is 1. The molecule has 1 aliphatic rings. The first-order valence-corrected chi connectivity index (χ1v) is 9.39. The highest BCUT2D eigenvalue weighted by molar-refractivity contribution is 7.09. The fourth-order valence-electron chi connectivity index (χ4n) is 2.80. The van der Waals surface area contributed by atoms with Crippen LogP contribution in [0.2, 0.25) is 0 Å². The van der Waals surface area contributed by atoms with E-state index in [1.54, 1.807) is 22.7 Å². The van der Waals surface area contributed by atoms with Crippen LogP contribution in [-0.2, 0) is 6.54 Å². The first kappa shape index (κ1) is 15.6. The molecular formula is C16H21N3OS2. The zero-order chi connectivity index (χ0) is 15.5. The van der Waals surface area contributed by atoms with Crippen molar-refractivity contribution < 1.29 is 4.79 Å². The number of hydrogen-bond acceptors (Lipinski definition) is 5. The molecule has 0 aliphatic carbocycles. The Kier molecular flexibility index (Phi) is 4.90. The molecule has 1 N–H and O–H groups in total. The Bertz CT molecular complexity index is 643. The number of nitrogens with zero attached hydrogens (tertiary/aromatic N) is 2. The van der Waals surface area contributed by atoms with Crippen LogP contribution in [0.5, 0.6) is 0 Å². The van der Waals surface area contributed by atoms with Crippen LogP contribution in [-0.4, -0.2) is 35.4 Å². The molecule has 118 valence electrons. The van der Waals surface area contributed by atoms with Crippen molar-refractivity contribution in [1.82, 2.24) is 15.2 Å². The summed E-state index contributed by atoms with van der Waals surface area (Å²) in [7, 11) is 0. The van der Waals surface area contributed by atoms with Crippen molar-refractivity contribution in [3.63, 3.8) is 0 Å². The molecule has 2 aromatic rings. The van der Waals surface area contributed by atoms with Crippen LogP contribution in [0.15, 0.2) is 16.3 Å². The van der Waals surface area contributed by atoms with Crippen molar-refractivity contribution in [2.45, 2.75) is 26.8 Å². The Morgan fingerprint density at radius 1 is 1.45 bits per heavy atom. The SMILES string of the molecule is Cc1cscc1C(=O)N(Cc1scnc1C)C[C@H]1CCNC1. The minimum Gasteiger partial charge on any atom is -0.333 e. The third-order valence-corrected chi connectivity index (χ3v) is 5.97. The predicted molar refractivity (Wildman–Crippen MR) is 91.6 cm³/mol. The summed E-state index contributed by atoms with van der Waals surface area (Å²) in [5, 5.41) is 7.40. The molecule has 1 aliphatic heterocycles. The predicted octanol–water partition coefficient (Wildman–Crippen LogP) is 3.07. The van der Waals surface area contributed by atoms with Gasteiger partial charge in [0.05, 0.1) is 23.3 Å². The van der Waals surface area contributed by atoms with Crippen LogP contribution < -0.4 is 5.32 Å². The molecule has 6 heteroatoms. The van der Waals surface area contributed by atoms with Gasteiger partial charge in [0.25, 0.3) is 5.91 Å². The minimum atomic E-state index is 0.151. The second kappa shape index (κ2) is 6.89. The van der Waals surface area contributed by atoms with E-state index < -0.39 is 0 Å². The van der Waals surface area contributed by atoms with Gasteiger partial charge in [0, 0.05) is 16.8 Å². The average molecular weight is 335 g/mol. The van der Waals surface area contributed by atoms with Gasteiger partial charge >= 0.3 is 0 Å². The summed E-state index contributed by atoms with van der Waals surface area (Å²) in [6.45, 7) is 7.58. The summed E-state index contributed by atoms with van der Waals surface area (Å²) in [5.74, 6) is 0.703. The molecule has 2 aromatic heterocycles. The molecule has 1 saturated heterocycles. The van der Waals surface area contributed by atoms with E-state index in [0.717, 1.165) is 42.9 Å². The quantitative estimate of drug-likeness (QED) is 0.913. The van der Waals surface area contributed by atoms with Crippen LogP contribution in [0.3, 0.4) is 0 Å². The van der Waals surface area contributed by atoms with Gasteiger partial charge in [-0.05, 0) is 50.2 Å². The van der Waals surface area contributed by atoms with Gasteiger partial charge in [0.2, 0.25) is 0 Å². The van der Waals surface area contributed by atoms with Gasteiger partial charge in [0.1, 0.15) is 0 Å². The number of rotatable bonds is 5. The Morgan fingerprint density at radius 3 is 2.91 bits per heavy atom. The van der Waals surface area contributed by atoms with Gasteiger partial charge < -0.3 is 10.2 Å².